The summed E-state index contributed by atoms with van der Waals surface area (Å²) < 4.78 is 59.2. The van der Waals surface area contributed by atoms with Gasteiger partial charge in [0.25, 0.3) is 0 Å². The normalized spacial score (nSPS) is 20.3. The minimum atomic E-state index is -4.66. The molecule has 0 aliphatic heterocycles. The van der Waals surface area contributed by atoms with Gasteiger partial charge in [0.2, 0.25) is 9.05 Å². The van der Waals surface area contributed by atoms with Crippen LogP contribution in [0.5, 0.6) is 0 Å². The van der Waals surface area contributed by atoms with Gasteiger partial charge in [-0.25, -0.2) is 8.42 Å². The third-order valence-corrected chi connectivity index (χ3v) is 5.00. The zero-order valence-corrected chi connectivity index (χ0v) is 9.25. The summed E-state index contributed by atoms with van der Waals surface area (Å²) in [6.07, 6.45) is -3.66. The van der Waals surface area contributed by atoms with Crippen molar-refractivity contribution in [1.82, 2.24) is 0 Å². The number of alkyl halides is 3. The van der Waals surface area contributed by atoms with Gasteiger partial charge in [0.1, 0.15) is 0 Å². The van der Waals surface area contributed by atoms with Gasteiger partial charge in [0.15, 0.2) is 0 Å². The van der Waals surface area contributed by atoms with Gasteiger partial charge in [-0.2, -0.15) is 0 Å². The largest absolute Gasteiger partial charge is 0.522 e. The van der Waals surface area contributed by atoms with Gasteiger partial charge in [-0.15, -0.1) is 13.2 Å². The van der Waals surface area contributed by atoms with Gasteiger partial charge < -0.3 is 0 Å². The lowest BCUT2D eigenvalue weighted by atomic mass is 10.2. The maximum absolute atomic E-state index is 11.6. The molecule has 0 amide bonds. The average Bonchev–Trinajstić information content (AvgIpc) is 2.75. The van der Waals surface area contributed by atoms with Crippen molar-refractivity contribution in [2.75, 3.05) is 6.61 Å². The van der Waals surface area contributed by atoms with Crippen LogP contribution in [0.4, 0.5) is 13.2 Å². The van der Waals surface area contributed by atoms with E-state index < -0.39 is 26.8 Å². The summed E-state index contributed by atoms with van der Waals surface area (Å²) in [7, 11) is 1.49. The maximum Gasteiger partial charge on any atom is 0.522 e. The van der Waals surface area contributed by atoms with Crippen LogP contribution in [0.25, 0.3) is 0 Å². The van der Waals surface area contributed by atoms with Gasteiger partial charge >= 0.3 is 6.36 Å². The van der Waals surface area contributed by atoms with Crippen molar-refractivity contribution < 1.29 is 26.3 Å². The van der Waals surface area contributed by atoms with Crippen LogP contribution in [0.3, 0.4) is 0 Å². The molecule has 0 heterocycles. The van der Waals surface area contributed by atoms with Crippen molar-refractivity contribution in [2.45, 2.75) is 36.8 Å². The van der Waals surface area contributed by atoms with Crippen LogP contribution in [0.1, 0.15) is 25.7 Å². The number of halogens is 4. The molecule has 0 aromatic carbocycles. The molecule has 0 saturated heterocycles. The SMILES string of the molecule is O=S(=O)(Cl)C1(CCCOC(F)(F)F)CC1. The number of hydrogen-bond acceptors (Lipinski definition) is 3. The summed E-state index contributed by atoms with van der Waals surface area (Å²) in [4.78, 5) is 0. The Morgan fingerprint density at radius 2 is 1.87 bits per heavy atom. The van der Waals surface area contributed by atoms with Crippen molar-refractivity contribution in [1.29, 1.82) is 0 Å². The highest BCUT2D eigenvalue weighted by Crippen LogP contribution is 2.49. The number of rotatable bonds is 5. The first kappa shape index (κ1) is 13.1. The molecular formula is C7H10ClF3O3S. The molecule has 0 spiro atoms. The van der Waals surface area contributed by atoms with Crippen molar-refractivity contribution in [3.63, 3.8) is 0 Å². The number of hydrogen-bond donors (Lipinski definition) is 0. The zero-order valence-electron chi connectivity index (χ0n) is 7.68. The standard InChI is InChI=1S/C7H10ClF3O3S/c8-15(12,13)6(3-4-6)2-1-5-14-7(9,10)11/h1-5H2. The van der Waals surface area contributed by atoms with Gasteiger partial charge in [-0.3, -0.25) is 4.74 Å². The summed E-state index contributed by atoms with van der Waals surface area (Å²) in [6, 6.07) is 0. The molecule has 15 heavy (non-hydrogen) atoms. The summed E-state index contributed by atoms with van der Waals surface area (Å²) in [5.74, 6) is 0. The molecular weight excluding hydrogens is 257 g/mol. The molecule has 1 aliphatic carbocycles. The van der Waals surface area contributed by atoms with Crippen LogP contribution in [-0.4, -0.2) is 26.1 Å². The molecule has 0 bridgehead atoms. The molecule has 0 aromatic rings. The highest BCUT2D eigenvalue weighted by Gasteiger charge is 2.53. The predicted octanol–water partition coefficient (Wildman–Crippen LogP) is 2.40. The fourth-order valence-corrected chi connectivity index (χ4v) is 3.01. The van der Waals surface area contributed by atoms with Crippen LogP contribution >= 0.6 is 10.7 Å². The first-order chi connectivity index (χ1) is 6.66. The molecule has 0 aromatic heterocycles. The Kier molecular flexibility index (Phi) is 3.57. The molecule has 1 aliphatic rings. The molecule has 1 rings (SSSR count). The van der Waals surface area contributed by atoms with E-state index >= 15 is 0 Å². The highest BCUT2D eigenvalue weighted by molar-refractivity contribution is 8.15. The van der Waals surface area contributed by atoms with Crippen LogP contribution in [0.2, 0.25) is 0 Å². The third-order valence-electron chi connectivity index (χ3n) is 2.37. The van der Waals surface area contributed by atoms with Crippen LogP contribution in [0, 0.1) is 0 Å². The second kappa shape index (κ2) is 4.10. The van der Waals surface area contributed by atoms with Crippen LogP contribution < -0.4 is 0 Å². The second-order valence-corrected chi connectivity index (χ2v) is 6.48. The lowest BCUT2D eigenvalue weighted by molar-refractivity contribution is -0.324. The van der Waals surface area contributed by atoms with Crippen LogP contribution in [0.15, 0.2) is 0 Å². The fraction of sp³-hybridized carbons (Fsp3) is 1.00. The van der Waals surface area contributed by atoms with E-state index in [4.69, 9.17) is 10.7 Å². The summed E-state index contributed by atoms with van der Waals surface area (Å²) in [5, 5.41) is 0. The minimum Gasteiger partial charge on any atom is -0.292 e. The van der Waals surface area contributed by atoms with Gasteiger partial charge in [-0.05, 0) is 25.7 Å². The number of ether oxygens (including phenoxy) is 1. The lowest BCUT2D eigenvalue weighted by Gasteiger charge is -2.11. The Morgan fingerprint density at radius 1 is 1.33 bits per heavy atom. The fourth-order valence-electron chi connectivity index (χ4n) is 1.34. The van der Waals surface area contributed by atoms with Gasteiger partial charge in [0.05, 0.1) is 11.4 Å². The second-order valence-electron chi connectivity index (χ2n) is 3.52. The van der Waals surface area contributed by atoms with E-state index in [0.29, 0.717) is 12.8 Å². The quantitative estimate of drug-likeness (QED) is 0.567. The molecule has 0 radical (unpaired) electrons. The minimum absolute atomic E-state index is 0.0332. The zero-order chi connectivity index (χ0) is 11.7. The van der Waals surface area contributed by atoms with E-state index in [1.54, 1.807) is 0 Å². The third kappa shape index (κ3) is 3.81. The van der Waals surface area contributed by atoms with Crippen molar-refractivity contribution in [2.24, 2.45) is 0 Å². The molecule has 0 N–H and O–H groups in total. The summed E-state index contributed by atoms with van der Waals surface area (Å²) in [6.45, 7) is -0.530. The van der Waals surface area contributed by atoms with Crippen molar-refractivity contribution in [3.8, 4) is 0 Å². The maximum atomic E-state index is 11.6. The van der Waals surface area contributed by atoms with E-state index in [0.717, 1.165) is 0 Å². The van der Waals surface area contributed by atoms with E-state index in [1.807, 2.05) is 0 Å². The molecule has 1 fully saturated rings. The molecule has 90 valence electrons. The highest BCUT2D eigenvalue weighted by atomic mass is 35.7. The van der Waals surface area contributed by atoms with Crippen LogP contribution in [-0.2, 0) is 13.8 Å². The van der Waals surface area contributed by atoms with E-state index in [9.17, 15) is 21.6 Å². The monoisotopic (exact) mass is 266 g/mol. The van der Waals surface area contributed by atoms with E-state index in [-0.39, 0.29) is 12.8 Å². The summed E-state index contributed by atoms with van der Waals surface area (Å²) in [5.41, 5.74) is 0. The molecule has 8 heteroatoms. The Balaban J connectivity index is 2.28. The lowest BCUT2D eigenvalue weighted by Crippen LogP contribution is -2.20. The van der Waals surface area contributed by atoms with Gasteiger partial charge in [-0.1, -0.05) is 0 Å². The Hall–Kier alpha value is -0.0100. The first-order valence-corrected chi connectivity index (χ1v) is 6.62. The molecule has 3 nitrogen and oxygen atoms in total. The molecule has 0 unspecified atom stereocenters. The Labute approximate surface area is 90.0 Å². The van der Waals surface area contributed by atoms with Crippen molar-refractivity contribution >= 4 is 19.7 Å². The Bertz CT molecular complexity index is 321. The van der Waals surface area contributed by atoms with E-state index in [2.05, 4.69) is 4.74 Å². The van der Waals surface area contributed by atoms with Crippen molar-refractivity contribution in [3.05, 3.63) is 0 Å². The molecule has 1 saturated carbocycles. The first-order valence-electron chi connectivity index (χ1n) is 4.31. The predicted molar refractivity (Wildman–Crippen MR) is 48.0 cm³/mol. The molecule has 0 atom stereocenters. The van der Waals surface area contributed by atoms with Gasteiger partial charge in [0, 0.05) is 10.7 Å². The topological polar surface area (TPSA) is 43.4 Å². The van der Waals surface area contributed by atoms with E-state index in [1.165, 1.54) is 0 Å². The Morgan fingerprint density at radius 3 is 2.20 bits per heavy atom. The summed E-state index contributed by atoms with van der Waals surface area (Å²) >= 11 is 0. The smallest absolute Gasteiger partial charge is 0.292 e. The average molecular weight is 267 g/mol.